The summed E-state index contributed by atoms with van der Waals surface area (Å²) in [5.41, 5.74) is 2.24. The molecule has 6 heterocycles. The average molecular weight is 806 g/mol. The van der Waals surface area contributed by atoms with Crippen LogP contribution in [0.15, 0.2) is 48.8 Å². The van der Waals surface area contributed by atoms with Crippen molar-refractivity contribution in [3.05, 3.63) is 76.2 Å². The van der Waals surface area contributed by atoms with Gasteiger partial charge in [-0.1, -0.05) is 11.6 Å². The van der Waals surface area contributed by atoms with Crippen LogP contribution in [0.5, 0.6) is 5.75 Å². The predicted molar refractivity (Wildman–Crippen MR) is 211 cm³/mol. The average Bonchev–Trinajstić information content (AvgIpc) is 3.89. The van der Waals surface area contributed by atoms with Crippen LogP contribution in [0.2, 0.25) is 5.02 Å². The van der Waals surface area contributed by atoms with Gasteiger partial charge in [0.15, 0.2) is 0 Å². The molecule has 4 saturated heterocycles. The number of carbonyl (C=O) groups is 5. The quantitative estimate of drug-likeness (QED) is 0.317. The summed E-state index contributed by atoms with van der Waals surface area (Å²) in [6, 6.07) is 12.1. The van der Waals surface area contributed by atoms with Crippen LogP contribution in [0, 0.1) is 23.2 Å². The second-order valence-corrected chi connectivity index (χ2v) is 16.8. The Hall–Kier alpha value is -5.59. The van der Waals surface area contributed by atoms with Crippen LogP contribution in [0.25, 0.3) is 0 Å². The van der Waals surface area contributed by atoms with E-state index in [-0.39, 0.29) is 30.9 Å². The highest BCUT2D eigenvalue weighted by Crippen LogP contribution is 2.38. The molecule has 3 atom stereocenters. The van der Waals surface area contributed by atoms with Gasteiger partial charge in [-0.2, -0.15) is 5.26 Å². The van der Waals surface area contributed by atoms with Gasteiger partial charge in [0.25, 0.3) is 17.7 Å². The molecule has 3 unspecified atom stereocenters. The molecular formula is C42H44ClN9O6. The predicted octanol–water partition coefficient (Wildman–Crippen LogP) is 3.56. The molecule has 15 nitrogen and oxygen atoms in total. The molecule has 0 radical (unpaired) electrons. The van der Waals surface area contributed by atoms with E-state index in [1.54, 1.807) is 42.7 Å². The molecule has 3 aromatic rings. The lowest BCUT2D eigenvalue weighted by Gasteiger charge is -2.37. The van der Waals surface area contributed by atoms with Gasteiger partial charge < -0.3 is 19.9 Å². The molecule has 9 rings (SSSR count). The molecule has 5 fully saturated rings. The van der Waals surface area contributed by atoms with Crippen molar-refractivity contribution in [1.82, 2.24) is 30.4 Å². The zero-order chi connectivity index (χ0) is 40.1. The summed E-state index contributed by atoms with van der Waals surface area (Å²) in [6.07, 6.45) is 8.69. The van der Waals surface area contributed by atoms with Gasteiger partial charge in [0.05, 0.1) is 40.2 Å². The van der Waals surface area contributed by atoms with E-state index in [0.717, 1.165) is 94.2 Å². The highest BCUT2D eigenvalue weighted by molar-refractivity contribution is 6.31. The Bertz CT molecular complexity index is 2180. The summed E-state index contributed by atoms with van der Waals surface area (Å²) in [5.74, 6) is 0.234. The minimum atomic E-state index is -0.974. The molecule has 0 bridgehead atoms. The summed E-state index contributed by atoms with van der Waals surface area (Å²) in [4.78, 5) is 81.0. The molecule has 58 heavy (non-hydrogen) atoms. The van der Waals surface area contributed by atoms with E-state index >= 15 is 0 Å². The number of nitriles is 1. The Morgan fingerprint density at radius 2 is 1.59 bits per heavy atom. The summed E-state index contributed by atoms with van der Waals surface area (Å²) in [6.45, 7) is 5.50. The zero-order valence-electron chi connectivity index (χ0n) is 31.9. The Balaban J connectivity index is 0.717. The number of nitrogens with one attached hydrogen (secondary N) is 2. The van der Waals surface area contributed by atoms with Crippen LogP contribution in [0.1, 0.15) is 88.1 Å². The van der Waals surface area contributed by atoms with Crippen molar-refractivity contribution in [2.45, 2.75) is 75.6 Å². The zero-order valence-corrected chi connectivity index (χ0v) is 32.7. The fourth-order valence-electron chi connectivity index (χ4n) is 9.69. The SMILES string of the molecule is N#Cc1ccc(OC2CCC(NC(=O)c3cnc(N4CCC(N5CC6CN(c7ccc8c(c7)C(=O)N(C7CCC(=O)NC7=O)C8=O)CC6C5)CC4)cn3)CC2)cc1Cl. The summed E-state index contributed by atoms with van der Waals surface area (Å²) in [5, 5.41) is 14.8. The number of hydrogen-bond acceptors (Lipinski definition) is 12. The van der Waals surface area contributed by atoms with Crippen molar-refractivity contribution in [3.8, 4) is 11.8 Å². The van der Waals surface area contributed by atoms with Crippen molar-refractivity contribution in [3.63, 3.8) is 0 Å². The number of carbonyl (C=O) groups excluding carboxylic acids is 5. The number of rotatable bonds is 8. The number of likely N-dealkylation sites (tertiary alicyclic amines) is 1. The Kier molecular flexibility index (Phi) is 10.2. The monoisotopic (exact) mass is 805 g/mol. The van der Waals surface area contributed by atoms with E-state index in [9.17, 15) is 24.0 Å². The van der Waals surface area contributed by atoms with Gasteiger partial charge in [0, 0.05) is 69.5 Å². The van der Waals surface area contributed by atoms with Gasteiger partial charge in [-0.15, -0.1) is 0 Å². The van der Waals surface area contributed by atoms with E-state index in [2.05, 4.69) is 41.4 Å². The number of nitrogens with zero attached hydrogens (tertiary/aromatic N) is 7. The number of amides is 5. The topological polar surface area (TPSA) is 181 Å². The third-order valence-electron chi connectivity index (χ3n) is 12.9. The maximum atomic E-state index is 13.4. The largest absolute Gasteiger partial charge is 0.490 e. The summed E-state index contributed by atoms with van der Waals surface area (Å²) in [7, 11) is 0. The first-order valence-electron chi connectivity index (χ1n) is 20.2. The number of imide groups is 2. The minimum Gasteiger partial charge on any atom is -0.490 e. The van der Waals surface area contributed by atoms with Gasteiger partial charge in [-0.25, -0.2) is 9.97 Å². The van der Waals surface area contributed by atoms with Crippen LogP contribution < -0.4 is 25.2 Å². The van der Waals surface area contributed by atoms with Crippen molar-refractivity contribution in [1.29, 1.82) is 5.26 Å². The van der Waals surface area contributed by atoms with E-state index in [0.29, 0.717) is 51.0 Å². The van der Waals surface area contributed by atoms with Crippen LogP contribution in [0.3, 0.4) is 0 Å². The first-order chi connectivity index (χ1) is 28.1. The lowest BCUT2D eigenvalue weighted by molar-refractivity contribution is -0.136. The molecule has 300 valence electrons. The molecular weight excluding hydrogens is 762 g/mol. The summed E-state index contributed by atoms with van der Waals surface area (Å²) < 4.78 is 6.08. The maximum Gasteiger partial charge on any atom is 0.271 e. The van der Waals surface area contributed by atoms with Crippen molar-refractivity contribution in [2.75, 3.05) is 49.1 Å². The first-order valence-corrected chi connectivity index (χ1v) is 20.6. The van der Waals surface area contributed by atoms with Gasteiger partial charge in [-0.05, 0) is 87.1 Å². The fraction of sp³-hybridized carbons (Fsp3) is 0.476. The number of piperidine rings is 2. The van der Waals surface area contributed by atoms with Crippen LogP contribution in [-0.2, 0) is 9.59 Å². The highest BCUT2D eigenvalue weighted by Gasteiger charge is 2.46. The lowest BCUT2D eigenvalue weighted by atomic mass is 9.93. The molecule has 1 saturated carbocycles. The molecule has 5 amide bonds. The number of ether oxygens (including phenoxy) is 1. The Labute approximate surface area is 340 Å². The standard InChI is InChI=1S/C42H44ClN9O6/c43-34-16-31(5-1-24(34)17-44)58-30-6-2-27(3-7-30)47-39(54)35-18-46-37(19-45-35)49-13-11-28(12-14-49)50-20-25-22-51(23-26(25)21-50)29-4-8-32-33(15-29)42(57)52(41(32)56)36-9-10-38(53)48-40(36)55/h1,4-5,8,15-16,18-19,25-28,30,36H,2-3,6-7,9-14,20-23H2,(H,47,54)(H,48,53,55). The van der Waals surface area contributed by atoms with Crippen molar-refractivity contribution < 1.29 is 28.7 Å². The van der Waals surface area contributed by atoms with Gasteiger partial charge in [0.1, 0.15) is 29.4 Å². The van der Waals surface area contributed by atoms with Crippen LogP contribution >= 0.6 is 11.6 Å². The van der Waals surface area contributed by atoms with E-state index in [4.69, 9.17) is 21.6 Å². The molecule has 2 N–H and O–H groups in total. The number of hydrogen-bond donors (Lipinski definition) is 2. The number of halogens is 1. The number of benzene rings is 2. The number of anilines is 2. The first kappa shape index (κ1) is 38.0. The van der Waals surface area contributed by atoms with Crippen molar-refractivity contribution in [2.24, 2.45) is 11.8 Å². The normalized spacial score (nSPS) is 26.3. The van der Waals surface area contributed by atoms with Crippen molar-refractivity contribution >= 4 is 52.6 Å². The minimum absolute atomic E-state index is 0.0185. The van der Waals surface area contributed by atoms with Crippen LogP contribution in [0.4, 0.5) is 11.5 Å². The Morgan fingerprint density at radius 3 is 2.26 bits per heavy atom. The van der Waals surface area contributed by atoms with Crippen LogP contribution in [-0.4, -0.2) is 113 Å². The maximum absolute atomic E-state index is 13.4. The second kappa shape index (κ2) is 15.6. The number of fused-ring (bicyclic) bond motifs is 2. The Morgan fingerprint density at radius 1 is 0.845 bits per heavy atom. The third-order valence-corrected chi connectivity index (χ3v) is 13.2. The highest BCUT2D eigenvalue weighted by atomic mass is 35.5. The van der Waals surface area contributed by atoms with Gasteiger partial charge in [-0.3, -0.25) is 39.1 Å². The third kappa shape index (κ3) is 7.35. The molecule has 16 heteroatoms. The molecule has 6 aliphatic rings. The smallest absolute Gasteiger partial charge is 0.271 e. The molecule has 0 spiro atoms. The molecule has 1 aliphatic carbocycles. The second-order valence-electron chi connectivity index (χ2n) is 16.4. The van der Waals surface area contributed by atoms with Gasteiger partial charge in [0.2, 0.25) is 11.8 Å². The number of aromatic nitrogens is 2. The van der Waals surface area contributed by atoms with E-state index in [1.807, 2.05) is 6.07 Å². The lowest BCUT2D eigenvalue weighted by Crippen LogP contribution is -2.54. The molecule has 1 aromatic heterocycles. The van der Waals surface area contributed by atoms with E-state index < -0.39 is 29.7 Å². The van der Waals surface area contributed by atoms with E-state index in [1.165, 1.54) is 0 Å². The summed E-state index contributed by atoms with van der Waals surface area (Å²) >= 11 is 6.15. The van der Waals surface area contributed by atoms with Gasteiger partial charge >= 0.3 is 0 Å². The molecule has 2 aromatic carbocycles. The molecule has 5 aliphatic heterocycles. The fourth-order valence-corrected chi connectivity index (χ4v) is 9.91.